The number of aromatic nitrogens is 5. The zero-order valence-corrected chi connectivity index (χ0v) is 18.3. The minimum absolute atomic E-state index is 0.116. The van der Waals surface area contributed by atoms with E-state index in [-0.39, 0.29) is 17.4 Å². The second-order valence-electron chi connectivity index (χ2n) is 8.36. The zero-order valence-electron chi connectivity index (χ0n) is 18.3. The van der Waals surface area contributed by atoms with Gasteiger partial charge in [0.2, 0.25) is 0 Å². The molecule has 0 atom stereocenters. The fourth-order valence-corrected chi connectivity index (χ4v) is 2.74. The van der Waals surface area contributed by atoms with Gasteiger partial charge in [0, 0.05) is 29.9 Å². The van der Waals surface area contributed by atoms with Crippen LogP contribution in [-0.2, 0) is 0 Å². The lowest BCUT2D eigenvalue weighted by atomic mass is 10.1. The zero-order chi connectivity index (χ0) is 22.8. The number of halogens is 2. The van der Waals surface area contributed by atoms with Crippen LogP contribution in [0.3, 0.4) is 0 Å². The first-order valence-corrected chi connectivity index (χ1v) is 9.80. The van der Waals surface area contributed by atoms with Crippen LogP contribution in [0.2, 0.25) is 0 Å². The molecule has 0 amide bonds. The molecule has 0 fully saturated rings. The Hall–Kier alpha value is -3.37. The molecule has 0 bridgehead atoms. The average molecular weight is 432 g/mol. The third-order valence-corrected chi connectivity index (χ3v) is 3.80. The highest BCUT2D eigenvalue weighted by Gasteiger charge is 2.19. The van der Waals surface area contributed by atoms with Crippen LogP contribution >= 0.6 is 0 Å². The molecule has 0 saturated heterocycles. The van der Waals surface area contributed by atoms with Crippen LogP contribution in [0, 0.1) is 6.92 Å². The van der Waals surface area contributed by atoms with Gasteiger partial charge in [-0.15, -0.1) is 0 Å². The van der Waals surface area contributed by atoms with Crippen LogP contribution in [0.4, 0.5) is 31.9 Å². The number of nitrogens with one attached hydrogen (secondary N) is 3. The quantitative estimate of drug-likeness (QED) is 0.477. The number of hydrogen-bond donors (Lipinski definition) is 3. The van der Waals surface area contributed by atoms with Gasteiger partial charge in [-0.2, -0.15) is 4.98 Å². The van der Waals surface area contributed by atoms with Gasteiger partial charge < -0.3 is 20.5 Å². The van der Waals surface area contributed by atoms with E-state index in [4.69, 9.17) is 4.52 Å². The van der Waals surface area contributed by atoms with E-state index in [1.165, 1.54) is 0 Å². The Bertz CT molecular complexity index is 1050. The van der Waals surface area contributed by atoms with Crippen molar-refractivity contribution in [2.45, 2.75) is 59.5 Å². The fourth-order valence-electron chi connectivity index (χ4n) is 2.74. The highest BCUT2D eigenvalue weighted by molar-refractivity contribution is 5.75. The summed E-state index contributed by atoms with van der Waals surface area (Å²) in [5.74, 6) is 1.16. The van der Waals surface area contributed by atoms with Gasteiger partial charge in [-0.25, -0.2) is 23.7 Å². The van der Waals surface area contributed by atoms with Crippen LogP contribution < -0.4 is 16.0 Å². The van der Waals surface area contributed by atoms with Crippen LogP contribution in [0.15, 0.2) is 22.9 Å². The summed E-state index contributed by atoms with van der Waals surface area (Å²) in [6.07, 6.45) is -1.24. The van der Waals surface area contributed by atoms with Crippen LogP contribution in [0.1, 0.15) is 52.7 Å². The Morgan fingerprint density at radius 1 is 1.00 bits per heavy atom. The van der Waals surface area contributed by atoms with Gasteiger partial charge in [0.15, 0.2) is 11.6 Å². The molecular weight excluding hydrogens is 406 g/mol. The molecular formula is C20H26F2N8O. The lowest BCUT2D eigenvalue weighted by molar-refractivity contribution is 0.140. The van der Waals surface area contributed by atoms with E-state index in [1.807, 2.05) is 34.6 Å². The molecule has 0 radical (unpaired) electrons. The molecule has 166 valence electrons. The number of anilines is 4. The lowest BCUT2D eigenvalue weighted by Crippen LogP contribution is -2.27. The summed E-state index contributed by atoms with van der Waals surface area (Å²) in [5, 5.41) is 13.2. The Morgan fingerprint density at radius 2 is 1.71 bits per heavy atom. The second-order valence-corrected chi connectivity index (χ2v) is 8.36. The Balaban J connectivity index is 1.96. The lowest BCUT2D eigenvalue weighted by Gasteiger charge is -2.22. The van der Waals surface area contributed by atoms with Crippen molar-refractivity contribution in [1.82, 2.24) is 25.1 Å². The van der Waals surface area contributed by atoms with Crippen LogP contribution in [-0.4, -0.2) is 36.7 Å². The van der Waals surface area contributed by atoms with E-state index in [0.717, 1.165) is 0 Å². The van der Waals surface area contributed by atoms with Crippen molar-refractivity contribution < 1.29 is 13.3 Å². The molecule has 31 heavy (non-hydrogen) atoms. The van der Waals surface area contributed by atoms with Crippen molar-refractivity contribution in [2.24, 2.45) is 0 Å². The smallest absolute Gasteiger partial charge is 0.297 e. The van der Waals surface area contributed by atoms with E-state index < -0.39 is 12.2 Å². The summed E-state index contributed by atoms with van der Waals surface area (Å²) >= 11 is 0. The van der Waals surface area contributed by atoms with E-state index >= 15 is 0 Å². The summed E-state index contributed by atoms with van der Waals surface area (Å²) in [5.41, 5.74) is 0.972. The SMILES string of the molecule is Cc1noc(-c2cnc(Nc3cc(NC(C)(C)C)nc(C(F)F)n3)cc2NC(C)C)n1. The van der Waals surface area contributed by atoms with Gasteiger partial charge in [-0.1, -0.05) is 5.16 Å². The van der Waals surface area contributed by atoms with Crippen molar-refractivity contribution >= 4 is 23.1 Å². The summed E-state index contributed by atoms with van der Waals surface area (Å²) in [7, 11) is 0. The maximum atomic E-state index is 13.3. The Labute approximate surface area is 179 Å². The largest absolute Gasteiger partial charge is 0.382 e. The minimum Gasteiger partial charge on any atom is -0.382 e. The number of alkyl halides is 2. The molecule has 3 N–H and O–H groups in total. The summed E-state index contributed by atoms with van der Waals surface area (Å²) < 4.78 is 31.9. The molecule has 0 aliphatic carbocycles. The third kappa shape index (κ3) is 6.06. The molecule has 3 heterocycles. The van der Waals surface area contributed by atoms with Gasteiger partial charge in [-0.05, 0) is 41.5 Å². The average Bonchev–Trinajstić information content (AvgIpc) is 3.06. The van der Waals surface area contributed by atoms with Gasteiger partial charge in [0.25, 0.3) is 12.3 Å². The maximum absolute atomic E-state index is 13.3. The molecule has 0 saturated carbocycles. The summed E-state index contributed by atoms with van der Waals surface area (Å²) in [4.78, 5) is 16.4. The second kappa shape index (κ2) is 8.78. The third-order valence-electron chi connectivity index (χ3n) is 3.80. The first-order chi connectivity index (χ1) is 14.5. The van der Waals surface area contributed by atoms with E-state index in [0.29, 0.717) is 34.6 Å². The first kappa shape index (κ1) is 22.3. The monoisotopic (exact) mass is 432 g/mol. The van der Waals surface area contributed by atoms with Crippen molar-refractivity contribution in [3.63, 3.8) is 0 Å². The van der Waals surface area contributed by atoms with E-state index in [1.54, 1.807) is 25.3 Å². The topological polar surface area (TPSA) is 114 Å². The Kier molecular flexibility index (Phi) is 6.32. The number of hydrogen-bond acceptors (Lipinski definition) is 9. The summed E-state index contributed by atoms with van der Waals surface area (Å²) in [6.45, 7) is 11.4. The van der Waals surface area contributed by atoms with Crippen molar-refractivity contribution in [1.29, 1.82) is 0 Å². The molecule has 0 aliphatic rings. The summed E-state index contributed by atoms with van der Waals surface area (Å²) in [6, 6.07) is 3.41. The van der Waals surface area contributed by atoms with E-state index in [2.05, 4.69) is 41.0 Å². The van der Waals surface area contributed by atoms with Crippen LogP contribution in [0.5, 0.6) is 0 Å². The highest BCUT2D eigenvalue weighted by atomic mass is 19.3. The van der Waals surface area contributed by atoms with E-state index in [9.17, 15) is 8.78 Å². The number of nitrogens with zero attached hydrogens (tertiary/aromatic N) is 5. The fraction of sp³-hybridized carbons (Fsp3) is 0.450. The molecule has 0 aromatic carbocycles. The first-order valence-electron chi connectivity index (χ1n) is 9.80. The van der Waals surface area contributed by atoms with Crippen molar-refractivity contribution in [3.8, 4) is 11.5 Å². The van der Waals surface area contributed by atoms with Crippen LogP contribution in [0.25, 0.3) is 11.5 Å². The number of rotatable bonds is 7. The maximum Gasteiger partial charge on any atom is 0.297 e. The normalized spacial score (nSPS) is 11.8. The van der Waals surface area contributed by atoms with Gasteiger partial charge in [0.05, 0.1) is 11.3 Å². The predicted molar refractivity (Wildman–Crippen MR) is 115 cm³/mol. The molecule has 3 aromatic heterocycles. The standard InChI is InChI=1S/C20H26F2N8O/c1-10(2)24-13-7-14(23-9-12(13)19-25-11(3)30-31-19)26-15-8-16(29-20(4,5)6)28-18(27-15)17(21)22/h7-10,17H,1-6H3,(H3,23,24,26,27,28,29). The van der Waals surface area contributed by atoms with Gasteiger partial charge >= 0.3 is 0 Å². The molecule has 3 aromatic rings. The van der Waals surface area contributed by atoms with Crippen molar-refractivity contribution in [2.75, 3.05) is 16.0 Å². The predicted octanol–water partition coefficient (Wildman–Crippen LogP) is 4.94. The highest BCUT2D eigenvalue weighted by Crippen LogP contribution is 2.30. The Morgan fingerprint density at radius 3 is 2.29 bits per heavy atom. The molecule has 3 rings (SSSR count). The van der Waals surface area contributed by atoms with Gasteiger partial charge in [-0.3, -0.25) is 0 Å². The molecule has 0 unspecified atom stereocenters. The molecule has 0 aliphatic heterocycles. The number of pyridine rings is 1. The minimum atomic E-state index is -2.81. The molecule has 9 nitrogen and oxygen atoms in total. The van der Waals surface area contributed by atoms with Gasteiger partial charge in [0.1, 0.15) is 17.5 Å². The molecule has 0 spiro atoms. The van der Waals surface area contributed by atoms with Crippen molar-refractivity contribution in [3.05, 3.63) is 30.0 Å². The number of aryl methyl sites for hydroxylation is 1. The molecule has 11 heteroatoms.